The molecule has 0 aromatic heterocycles. The second kappa shape index (κ2) is 9.31. The highest BCUT2D eigenvalue weighted by Crippen LogP contribution is 2.32. The molecule has 27 heavy (non-hydrogen) atoms. The van der Waals surface area contributed by atoms with Crippen molar-refractivity contribution in [1.29, 1.82) is 0 Å². The van der Waals surface area contributed by atoms with Gasteiger partial charge in [-0.2, -0.15) is 5.10 Å². The molecule has 0 unspecified atom stereocenters. The summed E-state index contributed by atoms with van der Waals surface area (Å²) in [5.74, 6) is 1.25. The normalized spacial score (nSPS) is 10.8. The maximum absolute atomic E-state index is 6.17. The number of hydrogen-bond donors (Lipinski definition) is 1. The second-order valence-electron chi connectivity index (χ2n) is 5.65. The van der Waals surface area contributed by atoms with E-state index in [1.807, 2.05) is 48.5 Å². The van der Waals surface area contributed by atoms with Gasteiger partial charge >= 0.3 is 0 Å². The lowest BCUT2D eigenvalue weighted by Gasteiger charge is -2.12. The van der Waals surface area contributed by atoms with Crippen LogP contribution in [0.25, 0.3) is 0 Å². The Balaban J connectivity index is 1.72. The van der Waals surface area contributed by atoms with Gasteiger partial charge in [0.1, 0.15) is 23.1 Å². The van der Waals surface area contributed by atoms with Gasteiger partial charge in [-0.3, -0.25) is 5.43 Å². The number of hydrogen-bond acceptors (Lipinski definition) is 4. The fourth-order valence-electron chi connectivity index (χ4n) is 2.44. The Hall–Kier alpha value is -2.69. The molecule has 6 heteroatoms. The molecule has 0 fully saturated rings. The Morgan fingerprint density at radius 1 is 0.963 bits per heavy atom. The first-order valence-electron chi connectivity index (χ1n) is 8.25. The minimum Gasteiger partial charge on any atom is -0.496 e. The van der Waals surface area contributed by atoms with Crippen molar-refractivity contribution < 1.29 is 9.47 Å². The quantitative estimate of drug-likeness (QED) is 0.389. The molecule has 0 saturated heterocycles. The molecule has 0 bridgehead atoms. The van der Waals surface area contributed by atoms with Crippen LogP contribution in [0.5, 0.6) is 11.5 Å². The zero-order chi connectivity index (χ0) is 19.1. The number of nitrogens with zero attached hydrogens (tertiary/aromatic N) is 1. The molecule has 4 nitrogen and oxygen atoms in total. The molecule has 0 atom stereocenters. The van der Waals surface area contributed by atoms with Crippen molar-refractivity contribution in [2.24, 2.45) is 5.10 Å². The van der Waals surface area contributed by atoms with Crippen molar-refractivity contribution in [2.75, 3.05) is 12.5 Å². The van der Waals surface area contributed by atoms with E-state index in [2.05, 4.69) is 10.5 Å². The van der Waals surface area contributed by atoms with Crippen LogP contribution in [0, 0.1) is 0 Å². The molecule has 0 amide bonds. The largest absolute Gasteiger partial charge is 0.496 e. The molecule has 0 aliphatic rings. The average Bonchev–Trinajstić information content (AvgIpc) is 2.70. The van der Waals surface area contributed by atoms with Crippen LogP contribution in [0.3, 0.4) is 0 Å². The van der Waals surface area contributed by atoms with Crippen molar-refractivity contribution in [3.63, 3.8) is 0 Å². The van der Waals surface area contributed by atoms with Crippen molar-refractivity contribution in [2.45, 2.75) is 6.61 Å². The monoisotopic (exact) mass is 400 g/mol. The molecule has 0 saturated carbocycles. The predicted octanol–water partition coefficient (Wildman–Crippen LogP) is 6.03. The van der Waals surface area contributed by atoms with E-state index in [0.29, 0.717) is 15.8 Å². The van der Waals surface area contributed by atoms with Crippen molar-refractivity contribution in [3.8, 4) is 11.5 Å². The van der Waals surface area contributed by atoms with Crippen LogP contribution in [0.15, 0.2) is 71.8 Å². The van der Waals surface area contributed by atoms with E-state index in [-0.39, 0.29) is 6.61 Å². The fourth-order valence-corrected chi connectivity index (χ4v) is 2.78. The Labute approximate surface area is 168 Å². The molecule has 0 aliphatic heterocycles. The third kappa shape index (κ3) is 5.16. The molecule has 1 N–H and O–H groups in total. The molecule has 0 spiro atoms. The number of methoxy groups -OCH3 is 1. The molecule has 0 radical (unpaired) electrons. The van der Waals surface area contributed by atoms with Gasteiger partial charge < -0.3 is 9.47 Å². The zero-order valence-electron chi connectivity index (χ0n) is 14.7. The lowest BCUT2D eigenvalue weighted by molar-refractivity contribution is 0.297. The van der Waals surface area contributed by atoms with Gasteiger partial charge in [-0.1, -0.05) is 47.5 Å². The molecule has 3 rings (SSSR count). The lowest BCUT2D eigenvalue weighted by Crippen LogP contribution is -2.01. The first-order valence-corrected chi connectivity index (χ1v) is 9.01. The summed E-state index contributed by atoms with van der Waals surface area (Å²) in [6, 6.07) is 20.8. The van der Waals surface area contributed by atoms with Crippen LogP contribution < -0.4 is 14.9 Å². The topological polar surface area (TPSA) is 42.8 Å². The number of halogens is 2. The fraction of sp³-hybridized carbons (Fsp3) is 0.0952. The van der Waals surface area contributed by atoms with E-state index in [0.717, 1.165) is 22.6 Å². The summed E-state index contributed by atoms with van der Waals surface area (Å²) in [5, 5.41) is 5.10. The van der Waals surface area contributed by atoms with Crippen molar-refractivity contribution in [3.05, 3.63) is 87.9 Å². The molecule has 3 aromatic rings. The van der Waals surface area contributed by atoms with Gasteiger partial charge in [-0.15, -0.1) is 0 Å². The van der Waals surface area contributed by atoms with Gasteiger partial charge in [0.2, 0.25) is 0 Å². The van der Waals surface area contributed by atoms with Gasteiger partial charge in [-0.05, 0) is 48.0 Å². The van der Waals surface area contributed by atoms with Gasteiger partial charge in [0, 0.05) is 5.56 Å². The molecule has 0 heterocycles. The van der Waals surface area contributed by atoms with Crippen molar-refractivity contribution >= 4 is 35.1 Å². The Morgan fingerprint density at radius 2 is 1.78 bits per heavy atom. The summed E-state index contributed by atoms with van der Waals surface area (Å²) in [4.78, 5) is 0. The minimum atomic E-state index is 0.289. The van der Waals surface area contributed by atoms with E-state index in [9.17, 15) is 0 Å². The number of rotatable bonds is 7. The number of para-hydroxylation sites is 1. The van der Waals surface area contributed by atoms with Crippen LogP contribution in [-0.4, -0.2) is 13.3 Å². The highest BCUT2D eigenvalue weighted by molar-refractivity contribution is 6.42. The summed E-state index contributed by atoms with van der Waals surface area (Å²) in [5.41, 5.74) is 5.69. The van der Waals surface area contributed by atoms with Crippen LogP contribution >= 0.6 is 23.2 Å². The highest BCUT2D eigenvalue weighted by Gasteiger charge is 2.09. The summed E-state index contributed by atoms with van der Waals surface area (Å²) in [6.07, 6.45) is 1.74. The predicted molar refractivity (Wildman–Crippen MR) is 111 cm³/mol. The zero-order valence-corrected chi connectivity index (χ0v) is 16.2. The Kier molecular flexibility index (Phi) is 6.58. The summed E-state index contributed by atoms with van der Waals surface area (Å²) in [6.45, 7) is 0.289. The highest BCUT2D eigenvalue weighted by atomic mass is 35.5. The maximum Gasteiger partial charge on any atom is 0.139 e. The van der Waals surface area contributed by atoms with E-state index >= 15 is 0 Å². The van der Waals surface area contributed by atoms with Crippen LogP contribution in [-0.2, 0) is 6.61 Å². The number of hydrazone groups is 1. The Bertz CT molecular complexity index is 931. The maximum atomic E-state index is 6.17. The third-order valence-corrected chi connectivity index (χ3v) is 4.59. The SMILES string of the molecule is COc1ccc(C=NNc2ccccc2)cc1COc1cccc(Cl)c1Cl. The second-order valence-corrected chi connectivity index (χ2v) is 6.43. The lowest BCUT2D eigenvalue weighted by atomic mass is 10.1. The first kappa shape index (κ1) is 19.1. The van der Waals surface area contributed by atoms with E-state index in [4.69, 9.17) is 32.7 Å². The van der Waals surface area contributed by atoms with Crippen molar-refractivity contribution in [1.82, 2.24) is 0 Å². The van der Waals surface area contributed by atoms with E-state index in [1.54, 1.807) is 31.5 Å². The number of anilines is 1. The number of ether oxygens (including phenoxy) is 2. The van der Waals surface area contributed by atoms with Gasteiger partial charge in [0.25, 0.3) is 0 Å². The molecule has 0 aliphatic carbocycles. The average molecular weight is 401 g/mol. The number of nitrogens with one attached hydrogen (secondary N) is 1. The van der Waals surface area contributed by atoms with E-state index in [1.165, 1.54) is 0 Å². The molecule has 3 aromatic carbocycles. The smallest absolute Gasteiger partial charge is 0.139 e. The molecule has 138 valence electrons. The van der Waals surface area contributed by atoms with Crippen LogP contribution in [0.1, 0.15) is 11.1 Å². The van der Waals surface area contributed by atoms with E-state index < -0.39 is 0 Å². The van der Waals surface area contributed by atoms with Gasteiger partial charge in [0.15, 0.2) is 0 Å². The molecular weight excluding hydrogens is 383 g/mol. The summed E-state index contributed by atoms with van der Waals surface area (Å²) < 4.78 is 11.2. The molecular formula is C21H18Cl2N2O2. The van der Waals surface area contributed by atoms with Gasteiger partial charge in [0.05, 0.1) is 24.0 Å². The van der Waals surface area contributed by atoms with Gasteiger partial charge in [-0.25, -0.2) is 0 Å². The van der Waals surface area contributed by atoms with Crippen LogP contribution in [0.4, 0.5) is 5.69 Å². The third-order valence-electron chi connectivity index (χ3n) is 3.78. The number of benzene rings is 3. The minimum absolute atomic E-state index is 0.289. The van der Waals surface area contributed by atoms with Crippen LogP contribution in [0.2, 0.25) is 10.0 Å². The first-order chi connectivity index (χ1) is 13.2. The standard InChI is InChI=1S/C21H18Cl2N2O2/c1-26-19-11-10-15(13-24-25-17-6-3-2-4-7-17)12-16(19)14-27-20-9-5-8-18(22)21(20)23/h2-13,25H,14H2,1H3. The Morgan fingerprint density at radius 3 is 2.56 bits per heavy atom. The summed E-state index contributed by atoms with van der Waals surface area (Å²) >= 11 is 12.2. The summed E-state index contributed by atoms with van der Waals surface area (Å²) in [7, 11) is 1.62.